The van der Waals surface area contributed by atoms with Gasteiger partial charge < -0.3 is 18.9 Å². The fourth-order valence-corrected chi connectivity index (χ4v) is 3.58. The van der Waals surface area contributed by atoms with Crippen molar-refractivity contribution in [3.63, 3.8) is 0 Å². The van der Waals surface area contributed by atoms with E-state index in [4.69, 9.17) is 9.47 Å². The molecule has 1 atom stereocenters. The number of ether oxygens (including phenoxy) is 2. The predicted octanol–water partition coefficient (Wildman–Crippen LogP) is 1.82. The Morgan fingerprint density at radius 3 is 2.67 bits per heavy atom. The van der Waals surface area contributed by atoms with Gasteiger partial charge in [-0.25, -0.2) is 4.98 Å². The second-order valence-electron chi connectivity index (χ2n) is 7.18. The maximum atomic E-state index is 13.1. The monoisotopic (exact) mass is 409 g/mol. The Hall–Kier alpha value is -3.49. The summed E-state index contributed by atoms with van der Waals surface area (Å²) in [6.45, 7) is 5.32. The molecule has 1 fully saturated rings. The molecule has 9 nitrogen and oxygen atoms in total. The number of rotatable bonds is 5. The van der Waals surface area contributed by atoms with Crippen molar-refractivity contribution in [2.75, 3.05) is 20.2 Å². The maximum absolute atomic E-state index is 13.1. The summed E-state index contributed by atoms with van der Waals surface area (Å²) in [6.07, 6.45) is 2.05. The largest absolute Gasteiger partial charge is 0.480 e. The van der Waals surface area contributed by atoms with Gasteiger partial charge in [-0.05, 0) is 26.0 Å². The Morgan fingerprint density at radius 2 is 1.97 bits per heavy atom. The molecule has 1 aliphatic rings. The molecule has 0 N–H and O–H groups in total. The molecule has 0 bridgehead atoms. The molecule has 0 saturated carbocycles. The zero-order valence-corrected chi connectivity index (χ0v) is 17.2. The van der Waals surface area contributed by atoms with E-state index in [0.717, 1.165) is 5.69 Å². The number of fused-ring (bicyclic) bond motifs is 1. The van der Waals surface area contributed by atoms with Gasteiger partial charge in [0.05, 0.1) is 19.0 Å². The third kappa shape index (κ3) is 3.70. The van der Waals surface area contributed by atoms with E-state index in [-0.39, 0.29) is 23.0 Å². The zero-order chi connectivity index (χ0) is 21.3. The number of amides is 1. The Morgan fingerprint density at radius 1 is 1.20 bits per heavy atom. The van der Waals surface area contributed by atoms with E-state index in [1.807, 2.05) is 18.4 Å². The first-order valence-electron chi connectivity index (χ1n) is 9.84. The Labute approximate surface area is 173 Å². The summed E-state index contributed by atoms with van der Waals surface area (Å²) in [6, 6.07) is 6.86. The van der Waals surface area contributed by atoms with Gasteiger partial charge in [-0.1, -0.05) is 0 Å². The highest BCUT2D eigenvalue weighted by molar-refractivity contribution is 5.97. The third-order valence-corrected chi connectivity index (χ3v) is 5.18. The van der Waals surface area contributed by atoms with Crippen LogP contribution < -0.4 is 14.9 Å². The first-order chi connectivity index (χ1) is 14.5. The van der Waals surface area contributed by atoms with Crippen molar-refractivity contribution in [2.24, 2.45) is 0 Å². The Balaban J connectivity index is 1.54. The van der Waals surface area contributed by atoms with E-state index in [1.54, 1.807) is 35.4 Å². The molecule has 4 rings (SSSR count). The molecule has 1 unspecified atom stereocenters. The molecule has 0 spiro atoms. The van der Waals surface area contributed by atoms with Crippen molar-refractivity contribution >= 4 is 16.9 Å². The van der Waals surface area contributed by atoms with Crippen LogP contribution in [-0.2, 0) is 6.54 Å². The van der Waals surface area contributed by atoms with E-state index < -0.39 is 0 Å². The number of likely N-dealkylation sites (tertiary alicyclic amines) is 1. The number of carbonyl (C=O) groups excluding carboxylic acids is 1. The van der Waals surface area contributed by atoms with Gasteiger partial charge in [0, 0.05) is 43.5 Å². The van der Waals surface area contributed by atoms with Crippen LogP contribution in [0.25, 0.3) is 11.0 Å². The maximum Gasteiger partial charge on any atom is 0.259 e. The highest BCUT2D eigenvalue weighted by Crippen LogP contribution is 2.19. The predicted molar refractivity (Wildman–Crippen MR) is 110 cm³/mol. The highest BCUT2D eigenvalue weighted by atomic mass is 16.5. The van der Waals surface area contributed by atoms with Crippen molar-refractivity contribution in [3.8, 4) is 11.8 Å². The molecule has 3 aromatic rings. The van der Waals surface area contributed by atoms with E-state index in [9.17, 15) is 9.59 Å². The zero-order valence-electron chi connectivity index (χ0n) is 17.2. The summed E-state index contributed by atoms with van der Waals surface area (Å²) >= 11 is 0. The minimum Gasteiger partial charge on any atom is -0.480 e. The molecule has 4 heterocycles. The summed E-state index contributed by atoms with van der Waals surface area (Å²) in [5.41, 5.74) is 1.28. The van der Waals surface area contributed by atoms with Crippen LogP contribution in [0.2, 0.25) is 0 Å². The molecule has 1 aliphatic heterocycles. The SMILES string of the molecule is CCn1cc(C(=O)N2CCC(Oc3ccc(OC)nn3)C2)c(=O)c2ccc(C)nc21. The number of methoxy groups -OCH3 is 1. The number of hydrogen-bond donors (Lipinski definition) is 0. The van der Waals surface area contributed by atoms with Crippen LogP contribution in [0.5, 0.6) is 11.8 Å². The quantitative estimate of drug-likeness (QED) is 0.634. The molecule has 3 aromatic heterocycles. The first kappa shape index (κ1) is 19.8. The van der Waals surface area contributed by atoms with Crippen LogP contribution in [0.15, 0.2) is 35.3 Å². The van der Waals surface area contributed by atoms with Crippen LogP contribution in [0.3, 0.4) is 0 Å². The number of carbonyl (C=O) groups is 1. The minimum atomic E-state index is -0.295. The lowest BCUT2D eigenvalue weighted by Crippen LogP contribution is -2.34. The van der Waals surface area contributed by atoms with Gasteiger partial charge in [0.1, 0.15) is 17.3 Å². The third-order valence-electron chi connectivity index (χ3n) is 5.18. The fourth-order valence-electron chi connectivity index (χ4n) is 3.58. The van der Waals surface area contributed by atoms with Crippen LogP contribution in [0, 0.1) is 6.92 Å². The molecular weight excluding hydrogens is 386 g/mol. The second-order valence-corrected chi connectivity index (χ2v) is 7.18. The average molecular weight is 409 g/mol. The molecule has 0 aromatic carbocycles. The number of aryl methyl sites for hydroxylation is 2. The van der Waals surface area contributed by atoms with Crippen molar-refractivity contribution < 1.29 is 14.3 Å². The van der Waals surface area contributed by atoms with Crippen molar-refractivity contribution in [1.82, 2.24) is 24.6 Å². The summed E-state index contributed by atoms with van der Waals surface area (Å²) in [7, 11) is 1.52. The smallest absolute Gasteiger partial charge is 0.259 e. The molecule has 0 radical (unpaired) electrons. The van der Waals surface area contributed by atoms with Crippen molar-refractivity contribution in [1.29, 1.82) is 0 Å². The van der Waals surface area contributed by atoms with E-state index in [2.05, 4.69) is 15.2 Å². The van der Waals surface area contributed by atoms with Crippen LogP contribution in [-0.4, -0.2) is 56.9 Å². The molecule has 30 heavy (non-hydrogen) atoms. The number of nitrogens with zero attached hydrogens (tertiary/aromatic N) is 5. The molecule has 9 heteroatoms. The standard InChI is InChI=1S/C21H23N5O4/c1-4-25-12-16(19(27)15-6-5-13(2)22-20(15)25)21(28)26-10-9-14(11-26)30-18-8-7-17(29-3)23-24-18/h5-8,12,14H,4,9-11H2,1-3H3. The van der Waals surface area contributed by atoms with Crippen LogP contribution >= 0.6 is 0 Å². The molecule has 1 saturated heterocycles. The van der Waals surface area contributed by atoms with Gasteiger partial charge in [0.25, 0.3) is 5.91 Å². The lowest BCUT2D eigenvalue weighted by Gasteiger charge is -2.18. The fraction of sp³-hybridized carbons (Fsp3) is 0.381. The second kappa shape index (κ2) is 8.10. The molecule has 1 amide bonds. The number of aromatic nitrogens is 4. The molecule has 0 aliphatic carbocycles. The average Bonchev–Trinajstić information content (AvgIpc) is 3.22. The summed E-state index contributed by atoms with van der Waals surface area (Å²) < 4.78 is 12.7. The van der Waals surface area contributed by atoms with Gasteiger partial charge in [-0.3, -0.25) is 9.59 Å². The highest BCUT2D eigenvalue weighted by Gasteiger charge is 2.30. The molecule has 156 valence electrons. The van der Waals surface area contributed by atoms with E-state index in [1.165, 1.54) is 7.11 Å². The van der Waals surface area contributed by atoms with Gasteiger partial charge in [0.15, 0.2) is 0 Å². The lowest BCUT2D eigenvalue weighted by atomic mass is 10.1. The lowest BCUT2D eigenvalue weighted by molar-refractivity contribution is 0.0769. The van der Waals surface area contributed by atoms with E-state index in [0.29, 0.717) is 48.8 Å². The molecular formula is C21H23N5O4. The van der Waals surface area contributed by atoms with Gasteiger partial charge in [-0.2, -0.15) is 0 Å². The van der Waals surface area contributed by atoms with Gasteiger partial charge >= 0.3 is 0 Å². The summed E-state index contributed by atoms with van der Waals surface area (Å²) in [5.74, 6) is 0.478. The number of hydrogen-bond acceptors (Lipinski definition) is 7. The Bertz CT molecular complexity index is 1140. The van der Waals surface area contributed by atoms with Crippen molar-refractivity contribution in [2.45, 2.75) is 32.9 Å². The van der Waals surface area contributed by atoms with Gasteiger partial charge in [0.2, 0.25) is 17.2 Å². The minimum absolute atomic E-state index is 0.153. The first-order valence-corrected chi connectivity index (χ1v) is 9.84. The van der Waals surface area contributed by atoms with Crippen LogP contribution in [0.4, 0.5) is 0 Å². The summed E-state index contributed by atoms with van der Waals surface area (Å²) in [5, 5.41) is 8.29. The van der Waals surface area contributed by atoms with Gasteiger partial charge in [-0.15, -0.1) is 10.2 Å². The van der Waals surface area contributed by atoms with Crippen LogP contribution in [0.1, 0.15) is 29.4 Å². The number of pyridine rings is 2. The van der Waals surface area contributed by atoms with E-state index >= 15 is 0 Å². The van der Waals surface area contributed by atoms with Crippen molar-refractivity contribution in [3.05, 3.63) is 51.9 Å². The topological polar surface area (TPSA) is 99.4 Å². The normalized spacial score (nSPS) is 16.1. The Kier molecular flexibility index (Phi) is 5.35. The summed E-state index contributed by atoms with van der Waals surface area (Å²) in [4.78, 5) is 32.2.